The van der Waals surface area contributed by atoms with Crippen molar-refractivity contribution in [2.24, 2.45) is 5.41 Å². The summed E-state index contributed by atoms with van der Waals surface area (Å²) in [5.74, 6) is 0. The molecule has 0 amide bonds. The molecule has 1 aromatic carbocycles. The zero-order valence-corrected chi connectivity index (χ0v) is 12.4. The Kier molecular flexibility index (Phi) is 4.34. The topological polar surface area (TPSA) is 12.0 Å². The van der Waals surface area contributed by atoms with Gasteiger partial charge in [-0.15, -0.1) is 0 Å². The summed E-state index contributed by atoms with van der Waals surface area (Å²) in [7, 11) is 0. The Balaban J connectivity index is 1.88. The molecule has 0 radical (unpaired) electrons. The molecule has 0 heterocycles. The van der Waals surface area contributed by atoms with Crippen LogP contribution in [0.2, 0.25) is 5.02 Å². The van der Waals surface area contributed by atoms with Crippen molar-refractivity contribution in [2.45, 2.75) is 58.5 Å². The van der Waals surface area contributed by atoms with Crippen LogP contribution in [0, 0.1) is 5.41 Å². The molecule has 0 aliphatic heterocycles. The molecule has 0 spiro atoms. The van der Waals surface area contributed by atoms with Gasteiger partial charge in [-0.25, -0.2) is 0 Å². The first kappa shape index (κ1) is 13.9. The third kappa shape index (κ3) is 3.73. The van der Waals surface area contributed by atoms with Crippen LogP contribution in [-0.4, -0.2) is 6.04 Å². The average molecular weight is 266 g/mol. The minimum atomic E-state index is 0.411. The van der Waals surface area contributed by atoms with Crippen LogP contribution in [0.1, 0.15) is 58.1 Å². The Morgan fingerprint density at radius 3 is 2.28 bits per heavy atom. The predicted octanol–water partition coefficient (Wildman–Crippen LogP) is 4.96. The monoisotopic (exact) mass is 265 g/mol. The third-order valence-corrected chi connectivity index (χ3v) is 4.45. The fraction of sp³-hybridized carbons (Fsp3) is 0.625. The van der Waals surface area contributed by atoms with Crippen molar-refractivity contribution in [1.29, 1.82) is 0 Å². The van der Waals surface area contributed by atoms with E-state index in [1.807, 2.05) is 12.1 Å². The highest BCUT2D eigenvalue weighted by molar-refractivity contribution is 6.30. The van der Waals surface area contributed by atoms with Gasteiger partial charge < -0.3 is 5.32 Å². The van der Waals surface area contributed by atoms with Crippen molar-refractivity contribution in [2.75, 3.05) is 0 Å². The van der Waals surface area contributed by atoms with E-state index >= 15 is 0 Å². The molecule has 1 N–H and O–H groups in total. The first-order chi connectivity index (χ1) is 8.46. The second kappa shape index (κ2) is 5.63. The molecule has 1 saturated carbocycles. The van der Waals surface area contributed by atoms with Gasteiger partial charge in [-0.3, -0.25) is 0 Å². The zero-order valence-electron chi connectivity index (χ0n) is 11.7. The number of hydrogen-bond donors (Lipinski definition) is 1. The van der Waals surface area contributed by atoms with E-state index in [-0.39, 0.29) is 0 Å². The number of rotatable bonds is 3. The van der Waals surface area contributed by atoms with Gasteiger partial charge in [0.25, 0.3) is 0 Å². The lowest BCUT2D eigenvalue weighted by atomic mass is 9.75. The zero-order chi connectivity index (χ0) is 13.2. The number of halogens is 1. The van der Waals surface area contributed by atoms with Crippen LogP contribution >= 0.6 is 11.6 Å². The lowest BCUT2D eigenvalue weighted by molar-refractivity contribution is 0.200. The molecule has 100 valence electrons. The van der Waals surface area contributed by atoms with Gasteiger partial charge in [0.2, 0.25) is 0 Å². The van der Waals surface area contributed by atoms with Crippen LogP contribution in [0.4, 0.5) is 0 Å². The molecule has 0 aromatic heterocycles. The Morgan fingerprint density at radius 1 is 1.17 bits per heavy atom. The summed E-state index contributed by atoms with van der Waals surface area (Å²) in [6.07, 6.45) is 5.26. The second-order valence-corrected chi connectivity index (χ2v) is 6.81. The van der Waals surface area contributed by atoms with Crippen LogP contribution < -0.4 is 5.32 Å². The largest absolute Gasteiger partial charge is 0.307 e. The molecule has 1 fully saturated rings. The van der Waals surface area contributed by atoms with Crippen molar-refractivity contribution in [3.63, 3.8) is 0 Å². The lowest BCUT2D eigenvalue weighted by Crippen LogP contribution is -2.36. The van der Waals surface area contributed by atoms with E-state index in [1.54, 1.807) is 0 Å². The summed E-state index contributed by atoms with van der Waals surface area (Å²) in [6.45, 7) is 7.00. The van der Waals surface area contributed by atoms with Crippen molar-refractivity contribution in [1.82, 2.24) is 5.32 Å². The van der Waals surface area contributed by atoms with Crippen molar-refractivity contribution >= 4 is 11.6 Å². The smallest absolute Gasteiger partial charge is 0.0406 e. The molecule has 1 aliphatic carbocycles. The normalized spacial score (nSPS) is 21.8. The van der Waals surface area contributed by atoms with E-state index in [0.717, 1.165) is 5.02 Å². The maximum atomic E-state index is 5.92. The van der Waals surface area contributed by atoms with Gasteiger partial charge in [0.15, 0.2) is 0 Å². The molecule has 0 bridgehead atoms. The van der Waals surface area contributed by atoms with Gasteiger partial charge in [0, 0.05) is 17.1 Å². The number of hydrogen-bond acceptors (Lipinski definition) is 1. The molecule has 1 aliphatic rings. The highest BCUT2D eigenvalue weighted by Crippen LogP contribution is 2.35. The fourth-order valence-corrected chi connectivity index (χ4v) is 2.89. The summed E-state index contributed by atoms with van der Waals surface area (Å²) >= 11 is 5.92. The molecule has 18 heavy (non-hydrogen) atoms. The van der Waals surface area contributed by atoms with Gasteiger partial charge in [0.1, 0.15) is 0 Å². The maximum Gasteiger partial charge on any atom is 0.0406 e. The molecular weight excluding hydrogens is 242 g/mol. The Bertz CT molecular complexity index is 373. The van der Waals surface area contributed by atoms with E-state index in [0.29, 0.717) is 17.5 Å². The molecule has 0 saturated heterocycles. The van der Waals surface area contributed by atoms with Gasteiger partial charge in [-0.1, -0.05) is 37.6 Å². The molecule has 2 heteroatoms. The minimum Gasteiger partial charge on any atom is -0.307 e. The van der Waals surface area contributed by atoms with Crippen LogP contribution in [0.3, 0.4) is 0 Å². The van der Waals surface area contributed by atoms with Crippen LogP contribution in [0.5, 0.6) is 0 Å². The Hall–Kier alpha value is -0.530. The molecule has 1 atom stereocenters. The van der Waals surface area contributed by atoms with E-state index < -0.39 is 0 Å². The maximum absolute atomic E-state index is 5.92. The van der Waals surface area contributed by atoms with Gasteiger partial charge in [-0.05, 0) is 55.7 Å². The Labute approximate surface area is 116 Å². The SMILES string of the molecule is C[C@@H](NC1CCC(C)(C)CC1)c1ccc(Cl)cc1. The summed E-state index contributed by atoms with van der Waals surface area (Å²) in [4.78, 5) is 0. The number of nitrogens with one attached hydrogen (secondary N) is 1. The molecule has 2 rings (SSSR count). The Morgan fingerprint density at radius 2 is 1.72 bits per heavy atom. The highest BCUT2D eigenvalue weighted by Gasteiger charge is 2.27. The van der Waals surface area contributed by atoms with Gasteiger partial charge in [0.05, 0.1) is 0 Å². The first-order valence-corrected chi connectivity index (χ1v) is 7.36. The summed E-state index contributed by atoms with van der Waals surface area (Å²) in [5.41, 5.74) is 1.87. The van der Waals surface area contributed by atoms with E-state index in [2.05, 4.69) is 38.2 Å². The van der Waals surface area contributed by atoms with Crippen LogP contribution in [0.25, 0.3) is 0 Å². The van der Waals surface area contributed by atoms with Crippen LogP contribution in [-0.2, 0) is 0 Å². The highest BCUT2D eigenvalue weighted by atomic mass is 35.5. The third-order valence-electron chi connectivity index (χ3n) is 4.19. The lowest BCUT2D eigenvalue weighted by Gasteiger charge is -2.36. The van der Waals surface area contributed by atoms with E-state index in [1.165, 1.54) is 31.2 Å². The van der Waals surface area contributed by atoms with Crippen molar-refractivity contribution in [3.05, 3.63) is 34.9 Å². The van der Waals surface area contributed by atoms with Gasteiger partial charge >= 0.3 is 0 Å². The number of benzene rings is 1. The minimum absolute atomic E-state index is 0.411. The summed E-state index contributed by atoms with van der Waals surface area (Å²) < 4.78 is 0. The molecular formula is C16H24ClN. The average Bonchev–Trinajstić information content (AvgIpc) is 2.33. The molecule has 1 nitrogen and oxygen atoms in total. The van der Waals surface area contributed by atoms with Crippen LogP contribution in [0.15, 0.2) is 24.3 Å². The quantitative estimate of drug-likeness (QED) is 0.815. The molecule has 0 unspecified atom stereocenters. The molecule has 1 aromatic rings. The standard InChI is InChI=1S/C16H24ClN/c1-12(13-4-6-14(17)7-5-13)18-15-8-10-16(2,3)11-9-15/h4-7,12,15,18H,8-11H2,1-3H3/t12-/m1/s1. The van der Waals surface area contributed by atoms with E-state index in [4.69, 9.17) is 11.6 Å². The van der Waals surface area contributed by atoms with Crippen molar-refractivity contribution in [3.8, 4) is 0 Å². The van der Waals surface area contributed by atoms with Crippen molar-refractivity contribution < 1.29 is 0 Å². The fourth-order valence-electron chi connectivity index (χ4n) is 2.77. The predicted molar refractivity (Wildman–Crippen MR) is 79.0 cm³/mol. The summed E-state index contributed by atoms with van der Waals surface area (Å²) in [5, 5.41) is 4.56. The second-order valence-electron chi connectivity index (χ2n) is 6.38. The van der Waals surface area contributed by atoms with E-state index in [9.17, 15) is 0 Å². The first-order valence-electron chi connectivity index (χ1n) is 6.98. The summed E-state index contributed by atoms with van der Waals surface area (Å²) in [6, 6.07) is 9.26. The van der Waals surface area contributed by atoms with Gasteiger partial charge in [-0.2, -0.15) is 0 Å².